The highest BCUT2D eigenvalue weighted by Crippen LogP contribution is 2.17. The lowest BCUT2D eigenvalue weighted by Crippen LogP contribution is -2.04. The van der Waals surface area contributed by atoms with Gasteiger partial charge in [-0.05, 0) is 36.9 Å². The number of thioether (sulfide) groups is 1. The molecule has 0 aliphatic carbocycles. The summed E-state index contributed by atoms with van der Waals surface area (Å²) in [5, 5.41) is 0.478. The maximum Gasteiger partial charge on any atom is 0.158 e. The zero-order chi connectivity index (χ0) is 9.84. The van der Waals surface area contributed by atoms with Gasteiger partial charge in [-0.25, -0.2) is 9.38 Å². The van der Waals surface area contributed by atoms with Crippen molar-refractivity contribution < 1.29 is 4.39 Å². The Morgan fingerprint density at radius 3 is 2.77 bits per heavy atom. The van der Waals surface area contributed by atoms with Gasteiger partial charge in [-0.2, -0.15) is 0 Å². The topological polar surface area (TPSA) is 38.4 Å². The molecule has 1 rings (SSSR count). The fraction of sp³-hybridized carbons (Fsp3) is 0.222. The van der Waals surface area contributed by atoms with Crippen LogP contribution in [0.5, 0.6) is 0 Å². The highest BCUT2D eigenvalue weighted by atomic mass is 32.2. The van der Waals surface area contributed by atoms with E-state index in [-0.39, 0.29) is 5.82 Å². The number of benzene rings is 1. The molecule has 0 aliphatic heterocycles. The van der Waals surface area contributed by atoms with E-state index in [1.54, 1.807) is 19.1 Å². The summed E-state index contributed by atoms with van der Waals surface area (Å²) in [6, 6.07) is 4.66. The van der Waals surface area contributed by atoms with E-state index in [1.165, 1.54) is 17.8 Å². The molecule has 70 valence electrons. The number of amidine groups is 1. The molecule has 2 nitrogen and oxygen atoms in total. The number of rotatable bonds is 1. The lowest BCUT2D eigenvalue weighted by Gasteiger charge is -1.99. The van der Waals surface area contributed by atoms with Crippen LogP contribution in [0.25, 0.3) is 0 Å². The van der Waals surface area contributed by atoms with E-state index in [0.717, 1.165) is 0 Å². The molecule has 13 heavy (non-hydrogen) atoms. The maximum absolute atomic E-state index is 12.8. The molecule has 0 saturated carbocycles. The van der Waals surface area contributed by atoms with Crippen LogP contribution in [0.1, 0.15) is 5.56 Å². The molecule has 0 saturated heterocycles. The molecule has 0 atom stereocenters. The first-order valence-corrected chi connectivity index (χ1v) is 5.00. The standard InChI is InChI=1S/C9H11FN2S/c1-6-5-7(3-4-8(6)10)12-9(11)13-2/h3-5H,1-2H3,(H2,11,12). The first kappa shape index (κ1) is 10.1. The molecule has 0 bridgehead atoms. The third-order valence-electron chi connectivity index (χ3n) is 1.59. The molecule has 0 spiro atoms. The fourth-order valence-electron chi connectivity index (χ4n) is 0.871. The predicted octanol–water partition coefficient (Wildman–Crippen LogP) is 2.44. The van der Waals surface area contributed by atoms with Gasteiger partial charge in [0.05, 0.1) is 5.69 Å². The third kappa shape index (κ3) is 2.73. The van der Waals surface area contributed by atoms with Crippen LogP contribution in [0.4, 0.5) is 10.1 Å². The molecule has 4 heteroatoms. The van der Waals surface area contributed by atoms with E-state index >= 15 is 0 Å². The lowest BCUT2D eigenvalue weighted by atomic mass is 10.2. The molecule has 0 amide bonds. The maximum atomic E-state index is 12.8. The van der Waals surface area contributed by atoms with Gasteiger partial charge in [-0.15, -0.1) is 0 Å². The monoisotopic (exact) mass is 198 g/mol. The van der Waals surface area contributed by atoms with Gasteiger partial charge in [-0.1, -0.05) is 11.8 Å². The van der Waals surface area contributed by atoms with Crippen LogP contribution in [0.2, 0.25) is 0 Å². The molecule has 1 aromatic carbocycles. The molecule has 0 unspecified atom stereocenters. The number of halogens is 1. The lowest BCUT2D eigenvalue weighted by molar-refractivity contribution is 0.618. The summed E-state index contributed by atoms with van der Waals surface area (Å²) >= 11 is 1.36. The van der Waals surface area contributed by atoms with Gasteiger partial charge in [0, 0.05) is 0 Å². The summed E-state index contributed by atoms with van der Waals surface area (Å²) in [6.07, 6.45) is 1.84. The average Bonchev–Trinajstić information content (AvgIpc) is 2.11. The summed E-state index contributed by atoms with van der Waals surface area (Å²) in [5.74, 6) is -0.221. The van der Waals surface area contributed by atoms with Crippen LogP contribution in [0.3, 0.4) is 0 Å². The first-order valence-electron chi connectivity index (χ1n) is 3.78. The van der Waals surface area contributed by atoms with Gasteiger partial charge in [0.25, 0.3) is 0 Å². The molecule has 0 radical (unpaired) electrons. The van der Waals surface area contributed by atoms with Crippen LogP contribution in [0.15, 0.2) is 23.2 Å². The summed E-state index contributed by atoms with van der Waals surface area (Å²) < 4.78 is 12.8. The Morgan fingerprint density at radius 1 is 1.54 bits per heavy atom. The van der Waals surface area contributed by atoms with Crippen LogP contribution < -0.4 is 5.73 Å². The van der Waals surface area contributed by atoms with Crippen molar-refractivity contribution in [2.45, 2.75) is 6.92 Å². The molecular formula is C9H11FN2S. The smallest absolute Gasteiger partial charge is 0.158 e. The molecular weight excluding hydrogens is 187 g/mol. The van der Waals surface area contributed by atoms with Crippen molar-refractivity contribution in [1.29, 1.82) is 0 Å². The van der Waals surface area contributed by atoms with Crippen molar-refractivity contribution in [1.82, 2.24) is 0 Å². The molecule has 1 aromatic rings. The van der Waals surface area contributed by atoms with Gasteiger partial charge < -0.3 is 5.73 Å². The highest BCUT2D eigenvalue weighted by molar-refractivity contribution is 8.13. The summed E-state index contributed by atoms with van der Waals surface area (Å²) in [6.45, 7) is 1.70. The highest BCUT2D eigenvalue weighted by Gasteiger charge is 1.97. The largest absolute Gasteiger partial charge is 0.378 e. The van der Waals surface area contributed by atoms with E-state index in [2.05, 4.69) is 4.99 Å². The number of nitrogens with zero attached hydrogens (tertiary/aromatic N) is 1. The number of hydrogen-bond donors (Lipinski definition) is 1. The van der Waals surface area contributed by atoms with Crippen molar-refractivity contribution in [3.05, 3.63) is 29.6 Å². The Hall–Kier alpha value is -1.03. The zero-order valence-electron chi connectivity index (χ0n) is 7.54. The Morgan fingerprint density at radius 2 is 2.23 bits per heavy atom. The fourth-order valence-corrected chi connectivity index (χ4v) is 1.07. The van der Waals surface area contributed by atoms with Gasteiger partial charge in [0.2, 0.25) is 0 Å². The molecule has 0 aromatic heterocycles. The van der Waals surface area contributed by atoms with Crippen molar-refractivity contribution in [3.63, 3.8) is 0 Å². The van der Waals surface area contributed by atoms with Crippen molar-refractivity contribution in [2.75, 3.05) is 6.26 Å². The molecule has 0 aliphatic rings. The van der Waals surface area contributed by atoms with Crippen LogP contribution in [-0.4, -0.2) is 11.4 Å². The average molecular weight is 198 g/mol. The number of aliphatic imine (C=N–C) groups is 1. The first-order chi connectivity index (χ1) is 6.13. The van der Waals surface area contributed by atoms with Crippen molar-refractivity contribution in [2.24, 2.45) is 10.7 Å². The van der Waals surface area contributed by atoms with Crippen molar-refractivity contribution in [3.8, 4) is 0 Å². The van der Waals surface area contributed by atoms with Crippen molar-refractivity contribution >= 4 is 22.6 Å². The Labute approximate surface area is 81.1 Å². The Balaban J connectivity index is 2.98. The number of aryl methyl sites for hydroxylation is 1. The molecule has 0 heterocycles. The summed E-state index contributed by atoms with van der Waals surface area (Å²) in [7, 11) is 0. The summed E-state index contributed by atoms with van der Waals surface area (Å²) in [5.41, 5.74) is 6.78. The quantitative estimate of drug-likeness (QED) is 0.556. The summed E-state index contributed by atoms with van der Waals surface area (Å²) in [4.78, 5) is 4.07. The minimum Gasteiger partial charge on any atom is -0.378 e. The normalized spacial score (nSPS) is 11.8. The van der Waals surface area contributed by atoms with E-state index in [4.69, 9.17) is 5.73 Å². The predicted molar refractivity (Wildman–Crippen MR) is 55.9 cm³/mol. The van der Waals surface area contributed by atoms with E-state index in [0.29, 0.717) is 16.4 Å². The van der Waals surface area contributed by atoms with E-state index in [9.17, 15) is 4.39 Å². The van der Waals surface area contributed by atoms with Crippen LogP contribution in [-0.2, 0) is 0 Å². The second kappa shape index (κ2) is 4.28. The van der Waals surface area contributed by atoms with Crippen LogP contribution in [0, 0.1) is 12.7 Å². The van der Waals surface area contributed by atoms with Gasteiger partial charge in [-0.3, -0.25) is 0 Å². The second-order valence-corrected chi connectivity index (χ2v) is 3.41. The Kier molecular flexibility index (Phi) is 3.31. The molecule has 0 fully saturated rings. The Bertz CT molecular complexity index is 336. The second-order valence-electron chi connectivity index (χ2n) is 2.59. The number of hydrogen-bond acceptors (Lipinski definition) is 2. The van der Waals surface area contributed by atoms with Gasteiger partial charge in [0.1, 0.15) is 5.82 Å². The van der Waals surface area contributed by atoms with E-state index < -0.39 is 0 Å². The van der Waals surface area contributed by atoms with Gasteiger partial charge >= 0.3 is 0 Å². The minimum atomic E-state index is -0.221. The zero-order valence-corrected chi connectivity index (χ0v) is 8.36. The number of nitrogens with two attached hydrogens (primary N) is 1. The van der Waals surface area contributed by atoms with Crippen LogP contribution >= 0.6 is 11.8 Å². The minimum absolute atomic E-state index is 0.221. The van der Waals surface area contributed by atoms with Gasteiger partial charge in [0.15, 0.2) is 5.17 Å². The third-order valence-corrected chi connectivity index (χ3v) is 2.10. The molecule has 2 N–H and O–H groups in total. The SMILES string of the molecule is CSC(N)=Nc1ccc(F)c(C)c1. The van der Waals surface area contributed by atoms with E-state index in [1.807, 2.05) is 6.26 Å².